The van der Waals surface area contributed by atoms with Gasteiger partial charge in [-0.05, 0) is 37.6 Å². The Morgan fingerprint density at radius 3 is 2.76 bits per heavy atom. The zero-order valence-corrected chi connectivity index (χ0v) is 19.5. The van der Waals surface area contributed by atoms with Crippen molar-refractivity contribution >= 4 is 28.9 Å². The van der Waals surface area contributed by atoms with E-state index in [1.165, 1.54) is 18.2 Å². The molecule has 0 aliphatic rings. The van der Waals surface area contributed by atoms with Gasteiger partial charge in [-0.1, -0.05) is 48.0 Å². The summed E-state index contributed by atoms with van der Waals surface area (Å²) in [7, 11) is 0. The van der Waals surface area contributed by atoms with Crippen LogP contribution in [-0.2, 0) is 0 Å². The van der Waals surface area contributed by atoms with Crippen molar-refractivity contribution in [3.63, 3.8) is 0 Å². The Hall–Kier alpha value is -3.75. The maximum Gasteiger partial charge on any atom is 0.229 e. The van der Waals surface area contributed by atoms with Gasteiger partial charge in [-0.15, -0.1) is 0 Å². The summed E-state index contributed by atoms with van der Waals surface area (Å²) in [6, 6.07) is 11.7. The summed E-state index contributed by atoms with van der Waals surface area (Å²) >= 11 is 6.10. The van der Waals surface area contributed by atoms with E-state index in [0.29, 0.717) is 23.2 Å². The normalized spacial score (nSPS) is 11.8. The van der Waals surface area contributed by atoms with Crippen LogP contribution >= 0.6 is 11.6 Å². The molecule has 174 valence electrons. The molecule has 0 saturated carbocycles. The van der Waals surface area contributed by atoms with Crippen molar-refractivity contribution in [2.45, 2.75) is 19.9 Å². The van der Waals surface area contributed by atoms with Gasteiger partial charge in [-0.2, -0.15) is 10.1 Å². The minimum absolute atomic E-state index is 0.0808. The Kier molecular flexibility index (Phi) is 6.90. The zero-order chi connectivity index (χ0) is 24.2. The quantitative estimate of drug-likeness (QED) is 0.326. The van der Waals surface area contributed by atoms with Crippen LogP contribution in [-0.4, -0.2) is 31.5 Å². The molecule has 1 atom stereocenters. The van der Waals surface area contributed by atoms with E-state index in [0.717, 1.165) is 22.3 Å². The Balaban J connectivity index is 1.54. The van der Waals surface area contributed by atoms with E-state index in [1.54, 1.807) is 23.3 Å². The number of aromatic nitrogens is 4. The van der Waals surface area contributed by atoms with E-state index in [1.807, 2.05) is 38.1 Å². The van der Waals surface area contributed by atoms with Crippen LogP contribution in [0.25, 0.3) is 11.5 Å². The molecular weight excluding hydrogens is 455 g/mol. The molecule has 2 aromatic carbocycles. The molecule has 3 N–H and O–H groups in total. The van der Waals surface area contributed by atoms with Gasteiger partial charge in [-0.25, -0.2) is 14.1 Å². The van der Waals surface area contributed by atoms with Gasteiger partial charge in [-0.3, -0.25) is 0 Å². The summed E-state index contributed by atoms with van der Waals surface area (Å²) in [5.41, 5.74) is 4.74. The Labute approximate surface area is 202 Å². The molecule has 0 bridgehead atoms. The molecule has 0 saturated heterocycles. The van der Waals surface area contributed by atoms with E-state index >= 15 is 0 Å². The molecule has 0 radical (unpaired) electrons. The third kappa shape index (κ3) is 5.24. The van der Waals surface area contributed by atoms with Gasteiger partial charge in [0.1, 0.15) is 5.82 Å². The highest BCUT2D eigenvalue weighted by molar-refractivity contribution is 6.33. The number of rotatable bonds is 8. The maximum absolute atomic E-state index is 13.3. The lowest BCUT2D eigenvalue weighted by Gasteiger charge is -2.19. The van der Waals surface area contributed by atoms with Crippen molar-refractivity contribution in [1.29, 1.82) is 0 Å². The molecule has 0 amide bonds. The first-order valence-corrected chi connectivity index (χ1v) is 11.0. The molecule has 0 spiro atoms. The number of anilines is 2. The highest BCUT2D eigenvalue weighted by Gasteiger charge is 2.15. The summed E-state index contributed by atoms with van der Waals surface area (Å²) in [6.45, 7) is 7.91. The molecule has 2 aromatic heterocycles. The fourth-order valence-corrected chi connectivity index (χ4v) is 3.66. The summed E-state index contributed by atoms with van der Waals surface area (Å²) < 4.78 is 14.9. The van der Waals surface area contributed by atoms with Crippen LogP contribution in [0.2, 0.25) is 5.02 Å². The van der Waals surface area contributed by atoms with Gasteiger partial charge in [0, 0.05) is 29.2 Å². The standard InChI is InChI=1S/C25H24ClFN6O/c1-15-5-4-6-18(9-15)23(14-34)30-17(3)19-12-29-33(13-19)24-16(2)11-28-25(32-24)31-22-8-7-20(27)10-21(22)26/h4-13,23,30,34H,3,14H2,1-2H3,(H,28,31,32). The second-order valence-electron chi connectivity index (χ2n) is 7.90. The molecule has 9 heteroatoms. The average Bonchev–Trinajstić information content (AvgIpc) is 3.30. The maximum atomic E-state index is 13.3. The largest absolute Gasteiger partial charge is 0.394 e. The van der Waals surface area contributed by atoms with Crippen LogP contribution in [0.15, 0.2) is 67.6 Å². The van der Waals surface area contributed by atoms with Gasteiger partial charge in [0.15, 0.2) is 5.82 Å². The molecule has 4 aromatic rings. The lowest BCUT2D eigenvalue weighted by molar-refractivity contribution is 0.256. The number of benzene rings is 2. The summed E-state index contributed by atoms with van der Waals surface area (Å²) in [5.74, 6) is 0.430. The van der Waals surface area contributed by atoms with Crippen molar-refractivity contribution in [2.24, 2.45) is 0 Å². The number of nitrogens with one attached hydrogen (secondary N) is 2. The van der Waals surface area contributed by atoms with E-state index in [9.17, 15) is 9.50 Å². The van der Waals surface area contributed by atoms with Crippen molar-refractivity contribution < 1.29 is 9.50 Å². The first-order valence-electron chi connectivity index (χ1n) is 10.6. The molecular formula is C25H24ClFN6O. The molecule has 7 nitrogen and oxygen atoms in total. The highest BCUT2D eigenvalue weighted by Crippen LogP contribution is 2.26. The third-order valence-electron chi connectivity index (χ3n) is 5.25. The van der Waals surface area contributed by atoms with Crippen LogP contribution in [0.1, 0.15) is 28.3 Å². The lowest BCUT2D eigenvalue weighted by Crippen LogP contribution is -2.22. The predicted molar refractivity (Wildman–Crippen MR) is 132 cm³/mol. The van der Waals surface area contributed by atoms with Crippen molar-refractivity contribution in [2.75, 3.05) is 11.9 Å². The van der Waals surface area contributed by atoms with Gasteiger partial charge < -0.3 is 15.7 Å². The molecule has 34 heavy (non-hydrogen) atoms. The molecule has 2 heterocycles. The van der Waals surface area contributed by atoms with Crippen molar-refractivity contribution in [3.05, 3.63) is 101 Å². The van der Waals surface area contributed by atoms with Gasteiger partial charge in [0.2, 0.25) is 5.95 Å². The van der Waals surface area contributed by atoms with Crippen molar-refractivity contribution in [1.82, 2.24) is 25.1 Å². The molecule has 4 rings (SSSR count). The highest BCUT2D eigenvalue weighted by atomic mass is 35.5. The smallest absolute Gasteiger partial charge is 0.229 e. The molecule has 0 aliphatic carbocycles. The fraction of sp³-hybridized carbons (Fsp3) is 0.160. The number of aliphatic hydroxyl groups excluding tert-OH is 1. The molecule has 1 unspecified atom stereocenters. The Bertz CT molecular complexity index is 1340. The van der Waals surface area contributed by atoms with Crippen LogP contribution in [0.3, 0.4) is 0 Å². The van der Waals surface area contributed by atoms with Crippen LogP contribution in [0.4, 0.5) is 16.0 Å². The summed E-state index contributed by atoms with van der Waals surface area (Å²) in [4.78, 5) is 8.83. The number of halogens is 2. The number of aryl methyl sites for hydroxylation is 2. The van der Waals surface area contributed by atoms with E-state index in [2.05, 4.69) is 32.3 Å². The molecule has 0 fully saturated rings. The molecule has 0 aliphatic heterocycles. The zero-order valence-electron chi connectivity index (χ0n) is 18.8. The summed E-state index contributed by atoms with van der Waals surface area (Å²) in [6.07, 6.45) is 5.13. The van der Waals surface area contributed by atoms with E-state index in [4.69, 9.17) is 11.6 Å². The van der Waals surface area contributed by atoms with E-state index < -0.39 is 5.82 Å². The van der Waals surface area contributed by atoms with Gasteiger partial charge in [0.25, 0.3) is 0 Å². The van der Waals surface area contributed by atoms with Crippen LogP contribution < -0.4 is 10.6 Å². The first-order chi connectivity index (χ1) is 16.3. The van der Waals surface area contributed by atoms with Gasteiger partial charge >= 0.3 is 0 Å². The lowest BCUT2D eigenvalue weighted by atomic mass is 10.0. The van der Waals surface area contributed by atoms with Crippen molar-refractivity contribution in [3.8, 4) is 5.82 Å². The Morgan fingerprint density at radius 1 is 1.21 bits per heavy atom. The number of nitrogens with zero attached hydrogens (tertiary/aromatic N) is 4. The minimum atomic E-state index is -0.426. The predicted octanol–water partition coefficient (Wildman–Crippen LogP) is 5.11. The van der Waals surface area contributed by atoms with E-state index in [-0.39, 0.29) is 17.7 Å². The third-order valence-corrected chi connectivity index (χ3v) is 5.56. The number of hydrogen-bond donors (Lipinski definition) is 3. The number of hydrogen-bond acceptors (Lipinski definition) is 6. The first kappa shape index (κ1) is 23.4. The second-order valence-corrected chi connectivity index (χ2v) is 8.30. The minimum Gasteiger partial charge on any atom is -0.394 e. The topological polar surface area (TPSA) is 87.9 Å². The Morgan fingerprint density at radius 2 is 2.03 bits per heavy atom. The monoisotopic (exact) mass is 478 g/mol. The van der Waals surface area contributed by atoms with Gasteiger partial charge in [0.05, 0.1) is 29.6 Å². The second kappa shape index (κ2) is 10.0. The van der Waals surface area contributed by atoms with Crippen LogP contribution in [0.5, 0.6) is 0 Å². The summed E-state index contributed by atoms with van der Waals surface area (Å²) in [5, 5.41) is 20.8. The van der Waals surface area contributed by atoms with Crippen LogP contribution in [0, 0.1) is 19.7 Å². The number of aliphatic hydroxyl groups is 1. The fourth-order valence-electron chi connectivity index (χ4n) is 3.45. The SMILES string of the molecule is C=C(NC(CO)c1cccc(C)c1)c1cnn(-c2nc(Nc3ccc(F)cc3Cl)ncc2C)c1. The average molecular weight is 479 g/mol.